The second-order valence-electron chi connectivity index (χ2n) is 4.16. The molecule has 0 saturated heterocycles. The van der Waals surface area contributed by atoms with E-state index in [0.29, 0.717) is 5.56 Å². The Bertz CT molecular complexity index is 661. The van der Waals surface area contributed by atoms with E-state index in [1.807, 2.05) is 0 Å². The van der Waals surface area contributed by atoms with Gasteiger partial charge in [0.15, 0.2) is 17.3 Å². The quantitative estimate of drug-likeness (QED) is 0.489. The maximum Gasteiger partial charge on any atom is 0.201 e. The first-order valence-corrected chi connectivity index (χ1v) is 5.50. The van der Waals surface area contributed by atoms with Gasteiger partial charge in [-0.25, -0.2) is 0 Å². The van der Waals surface area contributed by atoms with Crippen molar-refractivity contribution in [2.75, 3.05) is 0 Å². The van der Waals surface area contributed by atoms with E-state index in [-0.39, 0.29) is 16.9 Å². The van der Waals surface area contributed by atoms with Crippen LogP contribution in [0.3, 0.4) is 0 Å². The van der Waals surface area contributed by atoms with Crippen LogP contribution in [0.15, 0.2) is 30.3 Å². The monoisotopic (exact) mass is 260 g/mol. The molecule has 5 heteroatoms. The lowest BCUT2D eigenvalue weighted by atomic mass is 9.98. The van der Waals surface area contributed by atoms with Crippen LogP contribution in [0.1, 0.15) is 21.5 Å². The lowest BCUT2D eigenvalue weighted by molar-refractivity contribution is 0.103. The van der Waals surface area contributed by atoms with Gasteiger partial charge in [0.1, 0.15) is 5.75 Å². The number of rotatable bonds is 2. The van der Waals surface area contributed by atoms with Gasteiger partial charge in [0.05, 0.1) is 5.56 Å². The molecule has 0 saturated carbocycles. The van der Waals surface area contributed by atoms with Crippen LogP contribution in [0.5, 0.6) is 23.0 Å². The van der Waals surface area contributed by atoms with E-state index in [9.17, 15) is 25.2 Å². The minimum absolute atomic E-state index is 0.0727. The summed E-state index contributed by atoms with van der Waals surface area (Å²) in [5.74, 6) is -2.57. The van der Waals surface area contributed by atoms with Crippen LogP contribution in [0.25, 0.3) is 0 Å². The number of hydrogen-bond acceptors (Lipinski definition) is 5. The van der Waals surface area contributed by atoms with E-state index in [1.54, 1.807) is 13.0 Å². The summed E-state index contributed by atoms with van der Waals surface area (Å²) in [6, 6.07) is 6.61. The van der Waals surface area contributed by atoms with Crippen molar-refractivity contribution in [2.45, 2.75) is 6.92 Å². The summed E-state index contributed by atoms with van der Waals surface area (Å²) >= 11 is 0. The van der Waals surface area contributed by atoms with Gasteiger partial charge in [-0.2, -0.15) is 0 Å². The number of hydrogen-bond donors (Lipinski definition) is 4. The number of phenolic OH excluding ortho intramolecular Hbond substituents is 4. The molecule has 0 heterocycles. The van der Waals surface area contributed by atoms with Crippen LogP contribution in [-0.2, 0) is 0 Å². The van der Waals surface area contributed by atoms with Crippen molar-refractivity contribution in [3.63, 3.8) is 0 Å². The van der Waals surface area contributed by atoms with Crippen molar-refractivity contribution in [1.82, 2.24) is 0 Å². The fourth-order valence-corrected chi connectivity index (χ4v) is 1.75. The molecule has 0 aliphatic carbocycles. The Balaban J connectivity index is 2.56. The van der Waals surface area contributed by atoms with Gasteiger partial charge >= 0.3 is 0 Å². The topological polar surface area (TPSA) is 98.0 Å². The average Bonchev–Trinajstić information content (AvgIpc) is 2.38. The Hall–Kier alpha value is -2.69. The van der Waals surface area contributed by atoms with Crippen LogP contribution < -0.4 is 0 Å². The smallest absolute Gasteiger partial charge is 0.201 e. The number of carbonyl (C=O) groups is 1. The second kappa shape index (κ2) is 4.53. The van der Waals surface area contributed by atoms with E-state index in [0.717, 1.165) is 6.07 Å². The molecule has 0 atom stereocenters. The van der Waals surface area contributed by atoms with Crippen molar-refractivity contribution in [3.8, 4) is 23.0 Å². The summed E-state index contributed by atoms with van der Waals surface area (Å²) in [6.07, 6.45) is 0. The predicted octanol–water partition coefficient (Wildman–Crippen LogP) is 2.05. The van der Waals surface area contributed by atoms with Gasteiger partial charge in [0.25, 0.3) is 0 Å². The van der Waals surface area contributed by atoms with Gasteiger partial charge in [-0.1, -0.05) is 6.07 Å². The molecule has 0 aromatic heterocycles. The van der Waals surface area contributed by atoms with Gasteiger partial charge in [-0.05, 0) is 36.8 Å². The number of aryl methyl sites for hydroxylation is 1. The normalized spacial score (nSPS) is 10.4. The second-order valence-corrected chi connectivity index (χ2v) is 4.16. The fourth-order valence-electron chi connectivity index (χ4n) is 1.75. The molecule has 0 amide bonds. The average molecular weight is 260 g/mol. The lowest BCUT2D eigenvalue weighted by Crippen LogP contribution is -2.04. The summed E-state index contributed by atoms with van der Waals surface area (Å²) in [6.45, 7) is 1.68. The fraction of sp³-hybridized carbons (Fsp3) is 0.0714. The molecule has 0 bridgehead atoms. The summed E-state index contributed by atoms with van der Waals surface area (Å²) in [5, 5.41) is 37.7. The molecule has 0 radical (unpaired) electrons. The molecule has 2 aromatic carbocycles. The van der Waals surface area contributed by atoms with Crippen molar-refractivity contribution in [2.24, 2.45) is 0 Å². The highest BCUT2D eigenvalue weighted by Gasteiger charge is 2.20. The zero-order valence-corrected chi connectivity index (χ0v) is 10.1. The molecule has 0 fully saturated rings. The van der Waals surface area contributed by atoms with Crippen molar-refractivity contribution in [3.05, 3.63) is 47.0 Å². The molecular weight excluding hydrogens is 248 g/mol. The molecule has 0 unspecified atom stereocenters. The summed E-state index contributed by atoms with van der Waals surface area (Å²) in [4.78, 5) is 12.2. The molecule has 19 heavy (non-hydrogen) atoms. The maximum atomic E-state index is 12.2. The van der Waals surface area contributed by atoms with Gasteiger partial charge < -0.3 is 20.4 Å². The van der Waals surface area contributed by atoms with Crippen LogP contribution in [-0.4, -0.2) is 26.2 Å². The Kier molecular flexibility index (Phi) is 3.04. The van der Waals surface area contributed by atoms with Gasteiger partial charge in [-0.15, -0.1) is 0 Å². The largest absolute Gasteiger partial charge is 0.508 e. The Morgan fingerprint density at radius 1 is 0.895 bits per heavy atom. The molecule has 0 aliphatic heterocycles. The molecule has 4 N–H and O–H groups in total. The molecule has 98 valence electrons. The van der Waals surface area contributed by atoms with E-state index in [4.69, 9.17) is 0 Å². The lowest BCUT2D eigenvalue weighted by Gasteiger charge is -2.09. The van der Waals surface area contributed by atoms with E-state index >= 15 is 0 Å². The highest BCUT2D eigenvalue weighted by molar-refractivity contribution is 6.12. The Labute approximate surface area is 109 Å². The molecule has 2 rings (SSSR count). The number of carbonyl (C=O) groups excluding carboxylic acids is 1. The zero-order valence-electron chi connectivity index (χ0n) is 10.1. The zero-order chi connectivity index (χ0) is 14.2. The number of aromatic hydroxyl groups is 4. The number of phenols is 4. The minimum atomic E-state index is -0.747. The number of ketones is 1. The first kappa shape index (κ1) is 12.8. The summed E-state index contributed by atoms with van der Waals surface area (Å²) in [7, 11) is 0. The maximum absolute atomic E-state index is 12.2. The third-order valence-electron chi connectivity index (χ3n) is 2.84. The standard InChI is InChI=1S/C14H12O5/c1-7-2-3-8(15)6-10(7)12(17)9-4-5-11(16)14(19)13(9)18/h2-6,15-16,18-19H,1H3. The molecule has 0 aliphatic rings. The third-order valence-corrected chi connectivity index (χ3v) is 2.84. The number of benzene rings is 2. The Morgan fingerprint density at radius 3 is 2.26 bits per heavy atom. The van der Waals surface area contributed by atoms with Crippen molar-refractivity contribution < 1.29 is 25.2 Å². The van der Waals surface area contributed by atoms with Gasteiger partial charge in [-0.3, -0.25) is 4.79 Å². The van der Waals surface area contributed by atoms with E-state index in [1.165, 1.54) is 18.2 Å². The summed E-state index contributed by atoms with van der Waals surface area (Å²) in [5.41, 5.74) is 0.680. The van der Waals surface area contributed by atoms with E-state index in [2.05, 4.69) is 0 Å². The molecule has 0 spiro atoms. The SMILES string of the molecule is Cc1ccc(O)cc1C(=O)c1ccc(O)c(O)c1O. The Morgan fingerprint density at radius 2 is 1.58 bits per heavy atom. The first-order chi connectivity index (χ1) is 8.91. The third kappa shape index (κ3) is 2.18. The molecule has 5 nitrogen and oxygen atoms in total. The van der Waals surface area contributed by atoms with Gasteiger partial charge in [0, 0.05) is 5.56 Å². The van der Waals surface area contributed by atoms with Crippen LogP contribution >= 0.6 is 0 Å². The predicted molar refractivity (Wildman–Crippen MR) is 67.7 cm³/mol. The van der Waals surface area contributed by atoms with Gasteiger partial charge in [0.2, 0.25) is 5.75 Å². The minimum Gasteiger partial charge on any atom is -0.508 e. The molecule has 2 aromatic rings. The van der Waals surface area contributed by atoms with Crippen LogP contribution in [0.2, 0.25) is 0 Å². The summed E-state index contributed by atoms with van der Waals surface area (Å²) < 4.78 is 0. The van der Waals surface area contributed by atoms with Crippen molar-refractivity contribution >= 4 is 5.78 Å². The highest BCUT2D eigenvalue weighted by atomic mass is 16.3. The van der Waals surface area contributed by atoms with E-state index < -0.39 is 23.0 Å². The first-order valence-electron chi connectivity index (χ1n) is 5.50. The molecular formula is C14H12O5. The van der Waals surface area contributed by atoms with Crippen LogP contribution in [0, 0.1) is 6.92 Å². The van der Waals surface area contributed by atoms with Crippen molar-refractivity contribution in [1.29, 1.82) is 0 Å². The highest BCUT2D eigenvalue weighted by Crippen LogP contribution is 2.38. The van der Waals surface area contributed by atoms with Crippen LogP contribution in [0.4, 0.5) is 0 Å².